The molecule has 7 nitrogen and oxygen atoms in total. The minimum atomic E-state index is -3.61. The Balaban J connectivity index is 2.07. The summed E-state index contributed by atoms with van der Waals surface area (Å²) in [7, 11) is -3.61. The van der Waals surface area contributed by atoms with E-state index in [0.717, 1.165) is 0 Å². The second kappa shape index (κ2) is 10.4. The molecule has 0 aliphatic rings. The van der Waals surface area contributed by atoms with E-state index >= 15 is 0 Å². The van der Waals surface area contributed by atoms with Crippen molar-refractivity contribution in [3.8, 4) is 5.75 Å². The van der Waals surface area contributed by atoms with Crippen LogP contribution in [0.4, 0.5) is 0 Å². The Labute approximate surface area is 177 Å². The molecule has 8 heteroatoms. The van der Waals surface area contributed by atoms with E-state index in [1.165, 1.54) is 35.5 Å². The van der Waals surface area contributed by atoms with Gasteiger partial charge in [-0.05, 0) is 62.4 Å². The van der Waals surface area contributed by atoms with Gasteiger partial charge in [-0.3, -0.25) is 4.79 Å². The number of ether oxygens (including phenoxy) is 2. The first-order chi connectivity index (χ1) is 14.2. The van der Waals surface area contributed by atoms with Gasteiger partial charge in [0.1, 0.15) is 5.75 Å². The van der Waals surface area contributed by atoms with E-state index < -0.39 is 22.1 Å². The maximum absolute atomic E-state index is 12.5. The topological polar surface area (TPSA) is 90.0 Å². The molecule has 0 aromatic heterocycles. The molecule has 0 bridgehead atoms. The van der Waals surface area contributed by atoms with E-state index in [0.29, 0.717) is 31.0 Å². The maximum atomic E-state index is 12.5. The molecule has 0 saturated carbocycles. The predicted octanol–water partition coefficient (Wildman–Crippen LogP) is 3.54. The Morgan fingerprint density at radius 2 is 1.43 bits per heavy atom. The number of esters is 1. The summed E-state index contributed by atoms with van der Waals surface area (Å²) in [6, 6.07) is 12.1. The second-order valence-corrected chi connectivity index (χ2v) is 8.42. The first kappa shape index (κ1) is 23.6. The minimum Gasteiger partial charge on any atom is -0.494 e. The molecular formula is C22H27NO6S. The first-order valence-corrected chi connectivity index (χ1v) is 11.3. The second-order valence-electron chi connectivity index (χ2n) is 6.48. The molecule has 0 saturated heterocycles. The highest BCUT2D eigenvalue weighted by molar-refractivity contribution is 7.89. The van der Waals surface area contributed by atoms with Crippen LogP contribution in [0.5, 0.6) is 5.75 Å². The van der Waals surface area contributed by atoms with Crippen LogP contribution in [0, 0.1) is 0 Å². The van der Waals surface area contributed by atoms with E-state index in [1.54, 1.807) is 38.1 Å². The van der Waals surface area contributed by atoms with Gasteiger partial charge < -0.3 is 9.47 Å². The Morgan fingerprint density at radius 3 is 1.93 bits per heavy atom. The molecule has 0 radical (unpaired) electrons. The number of nitrogens with zero attached hydrogens (tertiary/aromatic N) is 1. The SMILES string of the molecule is CCOc1ccc(C(=O)[C@H](C)OC(=O)c2ccc(S(=O)(=O)N(CC)CC)cc2)cc1. The van der Waals surface area contributed by atoms with Crippen LogP contribution in [0.3, 0.4) is 0 Å². The number of hydrogen-bond donors (Lipinski definition) is 0. The highest BCUT2D eigenvalue weighted by Crippen LogP contribution is 2.18. The molecule has 0 heterocycles. The van der Waals surface area contributed by atoms with Crippen molar-refractivity contribution in [3.63, 3.8) is 0 Å². The molecule has 30 heavy (non-hydrogen) atoms. The molecule has 2 aromatic carbocycles. The highest BCUT2D eigenvalue weighted by atomic mass is 32.2. The summed E-state index contributed by atoms with van der Waals surface area (Å²) < 4.78 is 37.0. The van der Waals surface area contributed by atoms with Gasteiger partial charge in [0.25, 0.3) is 0 Å². The van der Waals surface area contributed by atoms with Gasteiger partial charge in [0.15, 0.2) is 6.10 Å². The lowest BCUT2D eigenvalue weighted by Gasteiger charge is -2.18. The van der Waals surface area contributed by atoms with Crippen LogP contribution < -0.4 is 4.74 Å². The summed E-state index contributed by atoms with van der Waals surface area (Å²) in [6.45, 7) is 8.12. The van der Waals surface area contributed by atoms with Crippen molar-refractivity contribution in [1.29, 1.82) is 0 Å². The summed E-state index contributed by atoms with van der Waals surface area (Å²) >= 11 is 0. The lowest BCUT2D eigenvalue weighted by atomic mass is 10.1. The molecule has 0 aliphatic heterocycles. The predicted molar refractivity (Wildman–Crippen MR) is 113 cm³/mol. The molecule has 0 spiro atoms. The standard InChI is InChI=1S/C22H27NO6S/c1-5-23(6-2)30(26,27)20-14-10-18(11-15-20)22(25)29-16(4)21(24)17-8-12-19(13-9-17)28-7-3/h8-16H,5-7H2,1-4H3/t16-/m0/s1. The molecule has 1 atom stereocenters. The van der Waals surface area contributed by atoms with Crippen LogP contribution in [0.15, 0.2) is 53.4 Å². The molecule has 0 amide bonds. The summed E-state index contributed by atoms with van der Waals surface area (Å²) in [5, 5.41) is 0. The summed E-state index contributed by atoms with van der Waals surface area (Å²) in [5.74, 6) is -0.390. The van der Waals surface area contributed by atoms with Crippen LogP contribution in [-0.2, 0) is 14.8 Å². The van der Waals surface area contributed by atoms with Crippen LogP contribution in [-0.4, -0.2) is 50.3 Å². The number of Topliss-reactive ketones (excluding diaryl/α,β-unsaturated/α-hetero) is 1. The normalized spacial score (nSPS) is 12.4. The largest absolute Gasteiger partial charge is 0.494 e. The number of ketones is 1. The van der Waals surface area contributed by atoms with Gasteiger partial charge in [-0.15, -0.1) is 0 Å². The maximum Gasteiger partial charge on any atom is 0.338 e. The van der Waals surface area contributed by atoms with Crippen molar-refractivity contribution in [2.45, 2.75) is 38.7 Å². The van der Waals surface area contributed by atoms with Crippen molar-refractivity contribution in [2.75, 3.05) is 19.7 Å². The molecule has 162 valence electrons. The fraction of sp³-hybridized carbons (Fsp3) is 0.364. The van der Waals surface area contributed by atoms with E-state index in [2.05, 4.69) is 0 Å². The number of sulfonamides is 1. The zero-order chi connectivity index (χ0) is 22.3. The van der Waals surface area contributed by atoms with Crippen molar-refractivity contribution < 1.29 is 27.5 Å². The van der Waals surface area contributed by atoms with E-state index in [4.69, 9.17) is 9.47 Å². The van der Waals surface area contributed by atoms with Gasteiger partial charge >= 0.3 is 5.97 Å². The van der Waals surface area contributed by atoms with Gasteiger partial charge in [-0.2, -0.15) is 4.31 Å². The fourth-order valence-corrected chi connectivity index (χ4v) is 4.33. The van der Waals surface area contributed by atoms with E-state index in [-0.39, 0.29) is 16.2 Å². The van der Waals surface area contributed by atoms with Gasteiger partial charge in [-0.1, -0.05) is 13.8 Å². The highest BCUT2D eigenvalue weighted by Gasteiger charge is 2.23. The third-order valence-corrected chi connectivity index (χ3v) is 6.60. The van der Waals surface area contributed by atoms with E-state index in [9.17, 15) is 18.0 Å². The molecule has 2 rings (SSSR count). The minimum absolute atomic E-state index is 0.0984. The Hall–Kier alpha value is -2.71. The fourth-order valence-electron chi connectivity index (χ4n) is 2.87. The number of carbonyl (C=O) groups is 2. The Kier molecular flexibility index (Phi) is 8.14. The average molecular weight is 434 g/mol. The third-order valence-electron chi connectivity index (χ3n) is 4.54. The Morgan fingerprint density at radius 1 is 0.900 bits per heavy atom. The summed E-state index contributed by atoms with van der Waals surface area (Å²) in [4.78, 5) is 25.0. The van der Waals surface area contributed by atoms with Crippen molar-refractivity contribution in [1.82, 2.24) is 4.31 Å². The quantitative estimate of drug-likeness (QED) is 0.420. The molecule has 2 aromatic rings. The van der Waals surface area contributed by atoms with Crippen molar-refractivity contribution in [3.05, 3.63) is 59.7 Å². The molecule has 0 aliphatic carbocycles. The first-order valence-electron chi connectivity index (χ1n) is 9.82. The van der Waals surface area contributed by atoms with Gasteiger partial charge in [0.2, 0.25) is 15.8 Å². The molecule has 0 fully saturated rings. The zero-order valence-corrected chi connectivity index (χ0v) is 18.4. The third kappa shape index (κ3) is 5.46. The number of carbonyl (C=O) groups excluding carboxylic acids is 2. The van der Waals surface area contributed by atoms with Gasteiger partial charge in [-0.25, -0.2) is 13.2 Å². The van der Waals surface area contributed by atoms with Crippen LogP contribution in [0.1, 0.15) is 48.4 Å². The molecule has 0 unspecified atom stereocenters. The van der Waals surface area contributed by atoms with Crippen LogP contribution in [0.25, 0.3) is 0 Å². The Bertz CT molecular complexity index is 964. The lowest BCUT2D eigenvalue weighted by Crippen LogP contribution is -2.30. The average Bonchev–Trinajstić information content (AvgIpc) is 2.74. The summed E-state index contributed by atoms with van der Waals surface area (Å²) in [6.07, 6.45) is -0.991. The monoisotopic (exact) mass is 433 g/mol. The van der Waals surface area contributed by atoms with Gasteiger partial charge in [0, 0.05) is 18.7 Å². The van der Waals surface area contributed by atoms with E-state index in [1.807, 2.05) is 6.92 Å². The number of rotatable bonds is 10. The van der Waals surface area contributed by atoms with Crippen LogP contribution >= 0.6 is 0 Å². The lowest BCUT2D eigenvalue weighted by molar-refractivity contribution is 0.0318. The van der Waals surface area contributed by atoms with Crippen molar-refractivity contribution >= 4 is 21.8 Å². The zero-order valence-electron chi connectivity index (χ0n) is 17.6. The van der Waals surface area contributed by atoms with Gasteiger partial charge in [0.05, 0.1) is 17.1 Å². The molecular weight excluding hydrogens is 406 g/mol. The number of hydrogen-bond acceptors (Lipinski definition) is 6. The number of benzene rings is 2. The molecule has 0 N–H and O–H groups in total. The van der Waals surface area contributed by atoms with Crippen LogP contribution in [0.2, 0.25) is 0 Å². The smallest absolute Gasteiger partial charge is 0.338 e. The van der Waals surface area contributed by atoms with Crippen molar-refractivity contribution in [2.24, 2.45) is 0 Å². The summed E-state index contributed by atoms with van der Waals surface area (Å²) in [5.41, 5.74) is 0.569.